The van der Waals surface area contributed by atoms with E-state index < -0.39 is 0 Å². The third kappa shape index (κ3) is 3.10. The molecule has 0 fully saturated rings. The lowest BCUT2D eigenvalue weighted by molar-refractivity contribution is 0.215. The minimum absolute atomic E-state index is 0.254. The zero-order chi connectivity index (χ0) is 19.1. The number of nitrogens with zero attached hydrogens (tertiary/aromatic N) is 5. The van der Waals surface area contributed by atoms with Gasteiger partial charge in [-0.3, -0.25) is 4.90 Å². The number of nitrogens with one attached hydrogen (secondary N) is 1. The molecule has 0 radical (unpaired) electrons. The van der Waals surface area contributed by atoms with Crippen LogP contribution in [0.3, 0.4) is 0 Å². The molecule has 0 aliphatic carbocycles. The van der Waals surface area contributed by atoms with E-state index in [2.05, 4.69) is 31.6 Å². The summed E-state index contributed by atoms with van der Waals surface area (Å²) < 4.78 is 21.4. The summed E-state index contributed by atoms with van der Waals surface area (Å²) in [4.78, 5) is 2.18. The van der Waals surface area contributed by atoms with Gasteiger partial charge in [-0.05, 0) is 36.4 Å². The minimum atomic E-state index is -0.254. The molecule has 0 atom stereocenters. The number of aromatic nitrogens is 5. The Hall–Kier alpha value is -2.97. The second-order valence-electron chi connectivity index (χ2n) is 6.69. The van der Waals surface area contributed by atoms with Crippen LogP contribution in [-0.4, -0.2) is 43.2 Å². The summed E-state index contributed by atoms with van der Waals surface area (Å²) in [5, 5.41) is 15.5. The maximum absolute atomic E-state index is 13.5. The molecule has 1 aliphatic rings. The predicted molar refractivity (Wildman–Crippen MR) is 102 cm³/mol. The maximum atomic E-state index is 13.5. The van der Waals surface area contributed by atoms with Gasteiger partial charge in [-0.15, -0.1) is 10.2 Å². The van der Waals surface area contributed by atoms with Crippen molar-refractivity contribution in [1.82, 2.24) is 30.1 Å². The van der Waals surface area contributed by atoms with E-state index in [1.165, 1.54) is 12.1 Å². The number of aromatic amines is 1. The molecule has 4 aromatic rings. The average Bonchev–Trinajstić information content (AvgIpc) is 3.27. The van der Waals surface area contributed by atoms with Crippen molar-refractivity contribution in [1.29, 1.82) is 0 Å². The molecule has 2 aromatic carbocycles. The van der Waals surface area contributed by atoms with Gasteiger partial charge in [-0.2, -0.15) is 5.21 Å². The van der Waals surface area contributed by atoms with Crippen LogP contribution in [0.25, 0.3) is 16.6 Å². The van der Waals surface area contributed by atoms with Crippen molar-refractivity contribution in [3.63, 3.8) is 0 Å². The van der Waals surface area contributed by atoms with Gasteiger partial charge in [0.25, 0.3) is 0 Å². The number of hydrogen-bond acceptors (Lipinski definition) is 5. The number of H-pyrrole nitrogens is 1. The molecule has 0 unspecified atom stereocenters. The van der Waals surface area contributed by atoms with E-state index in [0.29, 0.717) is 36.3 Å². The number of halogens is 2. The third-order valence-corrected chi connectivity index (χ3v) is 5.12. The van der Waals surface area contributed by atoms with Crippen LogP contribution in [0.5, 0.6) is 5.75 Å². The van der Waals surface area contributed by atoms with Crippen LogP contribution >= 0.6 is 11.6 Å². The summed E-state index contributed by atoms with van der Waals surface area (Å²) in [5.41, 5.74) is 2.79. The lowest BCUT2D eigenvalue weighted by Gasteiger charge is -2.17. The van der Waals surface area contributed by atoms with Crippen LogP contribution < -0.4 is 4.74 Å². The van der Waals surface area contributed by atoms with Crippen molar-refractivity contribution in [2.45, 2.75) is 13.1 Å². The van der Waals surface area contributed by atoms with Gasteiger partial charge in [0.1, 0.15) is 18.2 Å². The Balaban J connectivity index is 1.53. The maximum Gasteiger partial charge on any atom is 0.188 e. The van der Waals surface area contributed by atoms with E-state index in [-0.39, 0.29) is 5.82 Å². The Kier molecular flexibility index (Phi) is 4.22. The van der Waals surface area contributed by atoms with Crippen LogP contribution in [0.2, 0.25) is 5.02 Å². The van der Waals surface area contributed by atoms with Gasteiger partial charge in [0, 0.05) is 35.9 Å². The molecule has 1 N–H and O–H groups in total. The molecular formula is C19H16ClFN6O. The monoisotopic (exact) mass is 398 g/mol. The second kappa shape index (κ2) is 6.88. The Morgan fingerprint density at radius 2 is 2.14 bits per heavy atom. The first-order chi connectivity index (χ1) is 13.7. The number of hydrogen-bond donors (Lipinski definition) is 1. The Bertz CT molecular complexity index is 1140. The molecule has 3 heterocycles. The van der Waals surface area contributed by atoms with Gasteiger partial charge < -0.3 is 9.30 Å². The van der Waals surface area contributed by atoms with Gasteiger partial charge in [0.05, 0.1) is 17.1 Å². The highest BCUT2D eigenvalue weighted by Crippen LogP contribution is 2.35. The highest BCUT2D eigenvalue weighted by atomic mass is 35.5. The largest absolute Gasteiger partial charge is 0.490 e. The van der Waals surface area contributed by atoms with E-state index in [0.717, 1.165) is 28.7 Å². The van der Waals surface area contributed by atoms with Crippen molar-refractivity contribution < 1.29 is 9.13 Å². The van der Waals surface area contributed by atoms with E-state index in [9.17, 15) is 4.39 Å². The summed E-state index contributed by atoms with van der Waals surface area (Å²) in [6.07, 6.45) is 1.91. The first-order valence-electron chi connectivity index (χ1n) is 8.84. The fraction of sp³-hybridized carbons (Fsp3) is 0.211. The zero-order valence-corrected chi connectivity index (χ0v) is 15.5. The molecular weight excluding hydrogens is 383 g/mol. The summed E-state index contributed by atoms with van der Waals surface area (Å²) >= 11 is 6.55. The van der Waals surface area contributed by atoms with Crippen molar-refractivity contribution in [2.24, 2.45) is 0 Å². The summed E-state index contributed by atoms with van der Waals surface area (Å²) in [6, 6.07) is 10.6. The molecule has 7 nitrogen and oxygen atoms in total. The fourth-order valence-electron chi connectivity index (χ4n) is 3.57. The third-order valence-electron chi connectivity index (χ3n) is 4.84. The Labute approximate surface area is 164 Å². The first-order valence-corrected chi connectivity index (χ1v) is 9.22. The molecule has 0 amide bonds. The van der Waals surface area contributed by atoms with Crippen LogP contribution in [0, 0.1) is 5.82 Å². The standard InChI is InChI=1S/C19H16ClFN6O/c20-16-9-15(27-4-3-12-7-14(21)1-2-17(12)27)8-13-10-26(5-6-28-19(13)16)11-18-22-24-25-23-18/h1-4,7-9H,5-6,10-11H2,(H,22,23,24,25). The van der Waals surface area contributed by atoms with Crippen LogP contribution in [0.1, 0.15) is 11.4 Å². The van der Waals surface area contributed by atoms with E-state index in [1.807, 2.05) is 22.9 Å². The Morgan fingerprint density at radius 3 is 3.00 bits per heavy atom. The van der Waals surface area contributed by atoms with Gasteiger partial charge >= 0.3 is 0 Å². The highest BCUT2D eigenvalue weighted by molar-refractivity contribution is 6.32. The molecule has 1 aliphatic heterocycles. The number of ether oxygens (including phenoxy) is 1. The summed E-state index contributed by atoms with van der Waals surface area (Å²) in [6.45, 7) is 2.45. The topological polar surface area (TPSA) is 71.9 Å². The fourth-order valence-corrected chi connectivity index (χ4v) is 3.86. The highest BCUT2D eigenvalue weighted by Gasteiger charge is 2.21. The molecule has 9 heteroatoms. The van der Waals surface area contributed by atoms with Gasteiger partial charge in [0.15, 0.2) is 5.82 Å². The molecule has 142 valence electrons. The Morgan fingerprint density at radius 1 is 1.21 bits per heavy atom. The molecule has 5 rings (SSSR count). The van der Waals surface area contributed by atoms with Crippen molar-refractivity contribution in [2.75, 3.05) is 13.2 Å². The number of tetrazole rings is 1. The first kappa shape index (κ1) is 17.2. The molecule has 0 spiro atoms. The lowest BCUT2D eigenvalue weighted by atomic mass is 10.1. The zero-order valence-electron chi connectivity index (χ0n) is 14.8. The van der Waals surface area contributed by atoms with Crippen molar-refractivity contribution in [3.8, 4) is 11.4 Å². The lowest BCUT2D eigenvalue weighted by Crippen LogP contribution is -2.25. The van der Waals surface area contributed by atoms with Crippen LogP contribution in [-0.2, 0) is 13.1 Å². The van der Waals surface area contributed by atoms with Gasteiger partial charge in [-0.1, -0.05) is 16.8 Å². The predicted octanol–water partition coefficient (Wildman–Crippen LogP) is 3.33. The number of fused-ring (bicyclic) bond motifs is 2. The molecule has 0 saturated heterocycles. The van der Waals surface area contributed by atoms with E-state index in [1.54, 1.807) is 6.07 Å². The minimum Gasteiger partial charge on any atom is -0.490 e. The molecule has 0 bridgehead atoms. The van der Waals surface area contributed by atoms with E-state index >= 15 is 0 Å². The molecule has 2 aromatic heterocycles. The normalized spacial score (nSPS) is 14.6. The quantitative estimate of drug-likeness (QED) is 0.573. The van der Waals surface area contributed by atoms with Crippen LogP contribution in [0.4, 0.5) is 4.39 Å². The SMILES string of the molecule is Fc1ccc2c(ccn2-c2cc(Cl)c3c(c2)CN(Cc2nn[nH]n2)CCO3)c1. The number of rotatable bonds is 3. The van der Waals surface area contributed by atoms with Crippen LogP contribution in [0.15, 0.2) is 42.6 Å². The van der Waals surface area contributed by atoms with Gasteiger partial charge in [0.2, 0.25) is 0 Å². The average molecular weight is 399 g/mol. The smallest absolute Gasteiger partial charge is 0.188 e. The second-order valence-corrected chi connectivity index (χ2v) is 7.10. The van der Waals surface area contributed by atoms with E-state index in [4.69, 9.17) is 16.3 Å². The molecule has 28 heavy (non-hydrogen) atoms. The summed E-state index contributed by atoms with van der Waals surface area (Å²) in [5.74, 6) is 1.07. The van der Waals surface area contributed by atoms with Crippen molar-refractivity contribution >= 4 is 22.5 Å². The van der Waals surface area contributed by atoms with Crippen molar-refractivity contribution in [3.05, 3.63) is 64.8 Å². The number of benzene rings is 2. The molecule has 0 saturated carbocycles. The summed E-state index contributed by atoms with van der Waals surface area (Å²) in [7, 11) is 0. The van der Waals surface area contributed by atoms with Gasteiger partial charge in [-0.25, -0.2) is 4.39 Å².